The van der Waals surface area contributed by atoms with Crippen LogP contribution in [0, 0.1) is 6.92 Å². The standard InChI is InChI=1S/C12H16N6O/c1-9-17-11(19-18-9)8-16-12(13-2)15-7-10-5-3-4-6-14-10/h3-6H,7-8H2,1-2H3,(H2,13,15,16). The SMILES string of the molecule is CN=C(NCc1ccccn1)NCc1nc(C)no1. The van der Waals surface area contributed by atoms with Gasteiger partial charge in [0.2, 0.25) is 5.89 Å². The molecule has 0 saturated heterocycles. The summed E-state index contributed by atoms with van der Waals surface area (Å²) in [6.07, 6.45) is 1.76. The van der Waals surface area contributed by atoms with Crippen LogP contribution in [0.4, 0.5) is 0 Å². The van der Waals surface area contributed by atoms with Gasteiger partial charge in [-0.15, -0.1) is 0 Å². The number of pyridine rings is 1. The predicted molar refractivity (Wildman–Crippen MR) is 70.3 cm³/mol. The number of hydrogen-bond donors (Lipinski definition) is 2. The van der Waals surface area contributed by atoms with E-state index in [9.17, 15) is 0 Å². The van der Waals surface area contributed by atoms with Gasteiger partial charge < -0.3 is 15.2 Å². The van der Waals surface area contributed by atoms with Gasteiger partial charge >= 0.3 is 0 Å². The highest BCUT2D eigenvalue weighted by atomic mass is 16.5. The highest BCUT2D eigenvalue weighted by molar-refractivity contribution is 5.79. The topological polar surface area (TPSA) is 88.2 Å². The first-order valence-corrected chi connectivity index (χ1v) is 5.91. The van der Waals surface area contributed by atoms with Gasteiger partial charge in [0.1, 0.15) is 0 Å². The molecule has 0 fully saturated rings. The molecule has 7 nitrogen and oxygen atoms in total. The van der Waals surface area contributed by atoms with Crippen LogP contribution in [-0.2, 0) is 13.1 Å². The van der Waals surface area contributed by atoms with E-state index in [1.165, 1.54) is 0 Å². The third-order valence-electron chi connectivity index (χ3n) is 2.36. The molecule has 2 rings (SSSR count). The monoisotopic (exact) mass is 260 g/mol. The summed E-state index contributed by atoms with van der Waals surface area (Å²) in [6, 6.07) is 5.78. The Bertz CT molecular complexity index is 536. The van der Waals surface area contributed by atoms with E-state index in [1.807, 2.05) is 18.2 Å². The van der Waals surface area contributed by atoms with E-state index in [-0.39, 0.29) is 0 Å². The van der Waals surface area contributed by atoms with Gasteiger partial charge in [0.15, 0.2) is 11.8 Å². The van der Waals surface area contributed by atoms with Crippen LogP contribution in [0.5, 0.6) is 0 Å². The smallest absolute Gasteiger partial charge is 0.246 e. The quantitative estimate of drug-likeness (QED) is 0.619. The van der Waals surface area contributed by atoms with E-state index in [0.717, 1.165) is 5.69 Å². The predicted octanol–water partition coefficient (Wildman–Crippen LogP) is 0.638. The van der Waals surface area contributed by atoms with Gasteiger partial charge in [-0.2, -0.15) is 4.98 Å². The molecule has 0 bridgehead atoms. The average molecular weight is 260 g/mol. The van der Waals surface area contributed by atoms with Gasteiger partial charge in [-0.1, -0.05) is 11.2 Å². The number of aliphatic imine (C=N–C) groups is 1. The summed E-state index contributed by atoms with van der Waals surface area (Å²) in [5.74, 6) is 1.80. The number of guanidine groups is 1. The minimum absolute atomic E-state index is 0.433. The van der Waals surface area contributed by atoms with Crippen LogP contribution in [-0.4, -0.2) is 28.1 Å². The molecule has 0 radical (unpaired) electrons. The van der Waals surface area contributed by atoms with Crippen molar-refractivity contribution in [1.29, 1.82) is 0 Å². The summed E-state index contributed by atoms with van der Waals surface area (Å²) >= 11 is 0. The molecule has 0 unspecified atom stereocenters. The number of hydrogen-bond acceptors (Lipinski definition) is 5. The molecule has 0 amide bonds. The van der Waals surface area contributed by atoms with Crippen molar-refractivity contribution in [2.45, 2.75) is 20.0 Å². The molecule has 100 valence electrons. The molecule has 0 aromatic carbocycles. The second kappa shape index (κ2) is 6.48. The number of aromatic nitrogens is 3. The van der Waals surface area contributed by atoms with Crippen LogP contribution in [0.2, 0.25) is 0 Å². The van der Waals surface area contributed by atoms with Crippen LogP contribution in [0.25, 0.3) is 0 Å². The number of aryl methyl sites for hydroxylation is 1. The minimum Gasteiger partial charge on any atom is -0.351 e. The maximum atomic E-state index is 5.00. The second-order valence-electron chi connectivity index (χ2n) is 3.84. The second-order valence-corrected chi connectivity index (χ2v) is 3.84. The lowest BCUT2D eigenvalue weighted by molar-refractivity contribution is 0.371. The lowest BCUT2D eigenvalue weighted by Gasteiger charge is -2.09. The van der Waals surface area contributed by atoms with E-state index in [4.69, 9.17) is 4.52 Å². The highest BCUT2D eigenvalue weighted by Gasteiger charge is 2.04. The van der Waals surface area contributed by atoms with Crippen LogP contribution in [0.15, 0.2) is 33.9 Å². The lowest BCUT2D eigenvalue weighted by atomic mass is 10.3. The fourth-order valence-electron chi connectivity index (χ4n) is 1.47. The molecule has 0 saturated carbocycles. The minimum atomic E-state index is 0.433. The summed E-state index contributed by atoms with van der Waals surface area (Å²) in [5, 5.41) is 9.95. The van der Waals surface area contributed by atoms with Crippen molar-refractivity contribution in [3.05, 3.63) is 41.8 Å². The molecule has 0 aliphatic rings. The van der Waals surface area contributed by atoms with E-state index in [2.05, 4.69) is 30.8 Å². The Kier molecular flexibility index (Phi) is 4.44. The van der Waals surface area contributed by atoms with Crippen molar-refractivity contribution in [2.24, 2.45) is 4.99 Å². The largest absolute Gasteiger partial charge is 0.351 e. The van der Waals surface area contributed by atoms with E-state index < -0.39 is 0 Å². The van der Waals surface area contributed by atoms with Gasteiger partial charge in [-0.3, -0.25) is 9.98 Å². The molecule has 2 heterocycles. The molecule has 2 aromatic heterocycles. The Morgan fingerprint density at radius 1 is 1.32 bits per heavy atom. The summed E-state index contributed by atoms with van der Waals surface area (Å²) in [6.45, 7) is 2.81. The summed E-state index contributed by atoms with van der Waals surface area (Å²) in [7, 11) is 1.70. The zero-order valence-electron chi connectivity index (χ0n) is 10.9. The van der Waals surface area contributed by atoms with E-state index >= 15 is 0 Å². The molecule has 0 spiro atoms. The fourth-order valence-corrected chi connectivity index (χ4v) is 1.47. The van der Waals surface area contributed by atoms with Crippen molar-refractivity contribution in [3.8, 4) is 0 Å². The van der Waals surface area contributed by atoms with Crippen molar-refractivity contribution < 1.29 is 4.52 Å². The lowest BCUT2D eigenvalue weighted by Crippen LogP contribution is -2.36. The van der Waals surface area contributed by atoms with Crippen LogP contribution in [0.1, 0.15) is 17.4 Å². The molecule has 0 atom stereocenters. The van der Waals surface area contributed by atoms with Gasteiger partial charge in [-0.25, -0.2) is 0 Å². The summed E-state index contributed by atoms with van der Waals surface area (Å²) in [4.78, 5) is 12.4. The maximum Gasteiger partial charge on any atom is 0.246 e. The Labute approximate surface area is 111 Å². The molecular weight excluding hydrogens is 244 g/mol. The van der Waals surface area contributed by atoms with E-state index in [1.54, 1.807) is 20.2 Å². The molecule has 19 heavy (non-hydrogen) atoms. The van der Waals surface area contributed by atoms with Crippen molar-refractivity contribution in [2.75, 3.05) is 7.05 Å². The number of nitrogens with one attached hydrogen (secondary N) is 2. The highest BCUT2D eigenvalue weighted by Crippen LogP contribution is 1.95. The van der Waals surface area contributed by atoms with Crippen LogP contribution in [0.3, 0.4) is 0 Å². The van der Waals surface area contributed by atoms with Crippen molar-refractivity contribution >= 4 is 5.96 Å². The van der Waals surface area contributed by atoms with Gasteiger partial charge in [-0.05, 0) is 19.1 Å². The third kappa shape index (κ3) is 4.06. The molecule has 7 heteroatoms. The molecule has 2 N–H and O–H groups in total. The average Bonchev–Trinajstić information content (AvgIpc) is 2.86. The Morgan fingerprint density at radius 3 is 2.79 bits per heavy atom. The Balaban J connectivity index is 1.81. The molecule has 0 aliphatic heterocycles. The van der Waals surface area contributed by atoms with Crippen molar-refractivity contribution in [3.63, 3.8) is 0 Å². The van der Waals surface area contributed by atoms with Crippen LogP contribution < -0.4 is 10.6 Å². The Hall–Kier alpha value is -2.44. The molecule has 2 aromatic rings. The summed E-state index contributed by atoms with van der Waals surface area (Å²) < 4.78 is 5.00. The third-order valence-corrected chi connectivity index (χ3v) is 2.36. The fraction of sp³-hybridized carbons (Fsp3) is 0.333. The van der Waals surface area contributed by atoms with Gasteiger partial charge in [0, 0.05) is 13.2 Å². The first kappa shape index (κ1) is 13.0. The Morgan fingerprint density at radius 2 is 2.16 bits per heavy atom. The van der Waals surface area contributed by atoms with E-state index in [0.29, 0.717) is 30.8 Å². The van der Waals surface area contributed by atoms with Gasteiger partial charge in [0.05, 0.1) is 18.8 Å². The van der Waals surface area contributed by atoms with Crippen LogP contribution >= 0.6 is 0 Å². The summed E-state index contributed by atoms with van der Waals surface area (Å²) in [5.41, 5.74) is 0.944. The zero-order chi connectivity index (χ0) is 13.5. The van der Waals surface area contributed by atoms with Crippen molar-refractivity contribution in [1.82, 2.24) is 25.8 Å². The molecule has 0 aliphatic carbocycles. The first-order valence-electron chi connectivity index (χ1n) is 5.91. The molecular formula is C12H16N6O. The van der Waals surface area contributed by atoms with Gasteiger partial charge in [0.25, 0.3) is 0 Å². The number of rotatable bonds is 4. The number of nitrogens with zero attached hydrogens (tertiary/aromatic N) is 4. The first-order chi connectivity index (χ1) is 9.28. The zero-order valence-corrected chi connectivity index (χ0v) is 10.9. The maximum absolute atomic E-state index is 5.00. The normalized spacial score (nSPS) is 11.4.